The monoisotopic (exact) mass is 338 g/mol. The van der Waals surface area contributed by atoms with E-state index < -0.39 is 0 Å². The Morgan fingerprint density at radius 3 is 1.33 bits per heavy atom. The summed E-state index contributed by atoms with van der Waals surface area (Å²) in [4.78, 5) is 8.44. The summed E-state index contributed by atoms with van der Waals surface area (Å²) in [6.07, 6.45) is 8.70. The molecule has 2 fully saturated rings. The largest absolute Gasteiger partial charge is 1.00 e. The minimum Gasteiger partial charge on any atom is -0.430 e. The van der Waals surface area contributed by atoms with E-state index >= 15 is 0 Å². The second-order valence-corrected chi connectivity index (χ2v) is 6.27. The smallest absolute Gasteiger partial charge is 0.430 e. The molecule has 0 aromatic carbocycles. The normalized spacial score (nSPS) is 15.3. The van der Waals surface area contributed by atoms with Crippen LogP contribution in [0.15, 0.2) is 48.8 Å². The molecule has 0 bridgehead atoms. The number of hydrogen-bond acceptors (Lipinski definition) is 4. The number of pyridine rings is 2. The molecule has 4 heterocycles. The van der Waals surface area contributed by atoms with Crippen LogP contribution in [0.1, 0.15) is 25.7 Å². The summed E-state index contributed by atoms with van der Waals surface area (Å²) in [5.74, 6) is 0. The van der Waals surface area contributed by atoms with Crippen molar-refractivity contribution in [1.29, 1.82) is 0 Å². The molecule has 124 valence electrons. The maximum Gasteiger partial charge on any atom is 1.00 e. The SMILES string of the molecule is C1CCOC1.C1CCOC1.[Li+].c1ccc([P-]c2ccccn2)nc1. The third-order valence-corrected chi connectivity index (χ3v) is 4.17. The van der Waals surface area contributed by atoms with Gasteiger partial charge in [-0.15, -0.1) is 10.9 Å². The van der Waals surface area contributed by atoms with Crippen LogP contribution >= 0.6 is 8.58 Å². The topological polar surface area (TPSA) is 44.2 Å². The zero-order valence-corrected chi connectivity index (χ0v) is 15.3. The second-order valence-electron chi connectivity index (χ2n) is 5.13. The molecule has 0 aliphatic carbocycles. The fourth-order valence-electron chi connectivity index (χ4n) is 1.98. The minimum atomic E-state index is 0. The predicted octanol–water partition coefficient (Wildman–Crippen LogP) is -0.0288. The summed E-state index contributed by atoms with van der Waals surface area (Å²) in [7, 11) is 1.06. The molecular formula is C18H24LiN2O2P. The van der Waals surface area contributed by atoms with E-state index in [1.807, 2.05) is 36.4 Å². The molecule has 0 saturated carbocycles. The van der Waals surface area contributed by atoms with Crippen LogP contribution in [0, 0.1) is 0 Å². The molecule has 0 unspecified atom stereocenters. The van der Waals surface area contributed by atoms with Crippen LogP contribution in [0.4, 0.5) is 0 Å². The Balaban J connectivity index is 0.000000216. The van der Waals surface area contributed by atoms with Gasteiger partial charge >= 0.3 is 18.9 Å². The van der Waals surface area contributed by atoms with Gasteiger partial charge in [-0.1, -0.05) is 24.3 Å². The zero-order valence-electron chi connectivity index (χ0n) is 14.4. The molecule has 0 amide bonds. The molecular weight excluding hydrogens is 314 g/mol. The maximum absolute atomic E-state index is 4.94. The van der Waals surface area contributed by atoms with Crippen LogP contribution < -0.4 is 29.7 Å². The summed E-state index contributed by atoms with van der Waals surface area (Å²) in [6.45, 7) is 4.00. The zero-order chi connectivity index (χ0) is 16.0. The van der Waals surface area contributed by atoms with E-state index in [0.717, 1.165) is 45.9 Å². The number of rotatable bonds is 2. The van der Waals surface area contributed by atoms with Gasteiger partial charge < -0.3 is 18.1 Å². The van der Waals surface area contributed by atoms with E-state index in [1.54, 1.807) is 12.4 Å². The fraction of sp³-hybridized carbons (Fsp3) is 0.444. The Hall–Kier alpha value is -0.753. The summed E-state index contributed by atoms with van der Waals surface area (Å²) >= 11 is 0. The van der Waals surface area contributed by atoms with Crippen LogP contribution in [-0.2, 0) is 9.47 Å². The average molecular weight is 338 g/mol. The van der Waals surface area contributed by atoms with Gasteiger partial charge in [-0.25, -0.2) is 0 Å². The van der Waals surface area contributed by atoms with Gasteiger partial charge in [0.25, 0.3) is 0 Å². The molecule has 6 heteroatoms. The van der Waals surface area contributed by atoms with E-state index in [0.29, 0.717) is 0 Å². The molecule has 2 saturated heterocycles. The van der Waals surface area contributed by atoms with Gasteiger partial charge in [-0.05, 0) is 37.8 Å². The molecule has 2 aromatic heterocycles. The number of hydrogen-bond donors (Lipinski definition) is 0. The van der Waals surface area contributed by atoms with Crippen molar-refractivity contribution in [3.8, 4) is 0 Å². The van der Waals surface area contributed by atoms with Crippen molar-refractivity contribution in [1.82, 2.24) is 9.97 Å². The summed E-state index contributed by atoms with van der Waals surface area (Å²) < 4.78 is 9.89. The van der Waals surface area contributed by atoms with Gasteiger partial charge in [0.15, 0.2) is 0 Å². The van der Waals surface area contributed by atoms with Crippen molar-refractivity contribution in [2.75, 3.05) is 26.4 Å². The Bertz CT molecular complexity index is 446. The van der Waals surface area contributed by atoms with E-state index in [-0.39, 0.29) is 18.9 Å². The maximum atomic E-state index is 4.94. The number of ether oxygens (including phenoxy) is 2. The molecule has 4 nitrogen and oxygen atoms in total. The third kappa shape index (κ3) is 10.2. The molecule has 0 atom stereocenters. The first-order valence-corrected chi connectivity index (χ1v) is 9.04. The quantitative estimate of drug-likeness (QED) is 0.570. The van der Waals surface area contributed by atoms with Gasteiger partial charge in [0.1, 0.15) is 0 Å². The molecule has 4 rings (SSSR count). The van der Waals surface area contributed by atoms with Gasteiger partial charge in [-0.3, -0.25) is 9.97 Å². The molecule has 0 N–H and O–H groups in total. The first-order chi connectivity index (χ1) is 11.4. The molecule has 24 heavy (non-hydrogen) atoms. The number of aromatic nitrogens is 2. The summed E-state index contributed by atoms with van der Waals surface area (Å²) in [6, 6.07) is 11.8. The van der Waals surface area contributed by atoms with E-state index in [4.69, 9.17) is 9.47 Å². The Morgan fingerprint density at radius 2 is 1.08 bits per heavy atom. The first-order valence-electron chi connectivity index (χ1n) is 8.14. The van der Waals surface area contributed by atoms with Crippen LogP contribution in [0.2, 0.25) is 0 Å². The molecule has 0 spiro atoms. The molecule has 2 aliphatic rings. The average Bonchev–Trinajstić information content (AvgIpc) is 3.35. The predicted molar refractivity (Wildman–Crippen MR) is 94.8 cm³/mol. The van der Waals surface area contributed by atoms with Crippen LogP contribution in [0.5, 0.6) is 0 Å². The van der Waals surface area contributed by atoms with E-state index in [1.165, 1.54) is 25.7 Å². The van der Waals surface area contributed by atoms with Crippen molar-refractivity contribution in [3.63, 3.8) is 0 Å². The van der Waals surface area contributed by atoms with E-state index in [2.05, 4.69) is 9.97 Å². The van der Waals surface area contributed by atoms with Gasteiger partial charge in [0.05, 0.1) is 0 Å². The second kappa shape index (κ2) is 14.6. The molecule has 0 radical (unpaired) electrons. The first kappa shape index (κ1) is 21.3. The standard InChI is InChI=1S/C10H8N2P.2C4H8O.Li/c1-3-7-11-9(5-1)13-10-6-2-4-8-12-10;2*1-2-4-5-3-1;/h1-8H;2*1-4H2;/q-1;;;+1. The van der Waals surface area contributed by atoms with Crippen molar-refractivity contribution in [2.45, 2.75) is 25.7 Å². The number of nitrogens with zero attached hydrogens (tertiary/aromatic N) is 2. The fourth-order valence-corrected chi connectivity index (χ4v) is 2.78. The minimum absolute atomic E-state index is 0. The molecule has 2 aromatic rings. The van der Waals surface area contributed by atoms with Crippen molar-refractivity contribution in [3.05, 3.63) is 48.8 Å². The van der Waals surface area contributed by atoms with Crippen LogP contribution in [0.25, 0.3) is 0 Å². The van der Waals surface area contributed by atoms with Crippen LogP contribution in [0.3, 0.4) is 0 Å². The van der Waals surface area contributed by atoms with Gasteiger partial charge in [0.2, 0.25) is 0 Å². The Kier molecular flexibility index (Phi) is 12.9. The molecule has 2 aliphatic heterocycles. The summed E-state index contributed by atoms with van der Waals surface area (Å²) in [5, 5.41) is 0. The van der Waals surface area contributed by atoms with Crippen LogP contribution in [-0.4, -0.2) is 36.4 Å². The van der Waals surface area contributed by atoms with E-state index in [9.17, 15) is 0 Å². The summed E-state index contributed by atoms with van der Waals surface area (Å²) in [5.41, 5.74) is 2.06. The van der Waals surface area contributed by atoms with Gasteiger partial charge in [0, 0.05) is 38.8 Å². The van der Waals surface area contributed by atoms with Crippen molar-refractivity contribution >= 4 is 19.5 Å². The van der Waals surface area contributed by atoms with Crippen molar-refractivity contribution < 1.29 is 28.3 Å². The third-order valence-electron chi connectivity index (χ3n) is 3.18. The Labute approximate surface area is 158 Å². The Morgan fingerprint density at radius 1 is 0.667 bits per heavy atom. The van der Waals surface area contributed by atoms with Crippen molar-refractivity contribution in [2.24, 2.45) is 0 Å². The van der Waals surface area contributed by atoms with Gasteiger partial charge in [-0.2, -0.15) is 0 Å².